The van der Waals surface area contributed by atoms with Crippen molar-refractivity contribution >= 4 is 23.4 Å². The van der Waals surface area contributed by atoms with Crippen molar-refractivity contribution in [3.05, 3.63) is 33.9 Å². The maximum Gasteiger partial charge on any atom is 0.283 e. The van der Waals surface area contributed by atoms with Gasteiger partial charge in [0.15, 0.2) is 0 Å². The molecule has 0 saturated heterocycles. The Hall–Kier alpha value is -1.56. The predicted octanol–water partition coefficient (Wildman–Crippen LogP) is 4.50. The first-order chi connectivity index (χ1) is 11.5. The number of thioether (sulfide) groups is 1. The van der Waals surface area contributed by atoms with Gasteiger partial charge in [0.2, 0.25) is 0 Å². The van der Waals surface area contributed by atoms with Crippen LogP contribution in [0.25, 0.3) is 0 Å². The zero-order valence-corrected chi connectivity index (χ0v) is 15.1. The molecule has 1 aromatic carbocycles. The third-order valence-electron chi connectivity index (χ3n) is 5.18. The molecule has 0 N–H and O–H groups in total. The first-order valence-electron chi connectivity index (χ1n) is 8.66. The Kier molecular flexibility index (Phi) is 5.13. The molecule has 0 aromatic heterocycles. The van der Waals surface area contributed by atoms with E-state index in [-0.39, 0.29) is 11.6 Å². The minimum Gasteiger partial charge on any atom is -0.333 e. The van der Waals surface area contributed by atoms with Gasteiger partial charge in [-0.05, 0) is 62.8 Å². The molecule has 24 heavy (non-hydrogen) atoms. The Labute approximate surface area is 146 Å². The standard InChI is InChI=1S/C18H24N2O3S/c1-12-3-6-14(7-4-12)19(15-8-9-15)18(21)13-5-10-17(24-2)16(11-13)20(22)23/h5,10-12,14-15H,3-4,6-9H2,1-2H3. The number of carbonyl (C=O) groups excluding carboxylic acids is 1. The van der Waals surface area contributed by atoms with Crippen molar-refractivity contribution < 1.29 is 9.72 Å². The fraction of sp³-hybridized carbons (Fsp3) is 0.611. The van der Waals surface area contributed by atoms with Crippen molar-refractivity contribution in [2.45, 2.75) is 62.4 Å². The average Bonchev–Trinajstić information content (AvgIpc) is 3.41. The van der Waals surface area contributed by atoms with Gasteiger partial charge in [-0.25, -0.2) is 0 Å². The molecule has 0 aliphatic heterocycles. The first-order valence-corrected chi connectivity index (χ1v) is 9.88. The van der Waals surface area contributed by atoms with Crippen LogP contribution in [-0.2, 0) is 0 Å². The van der Waals surface area contributed by atoms with Gasteiger partial charge in [0.25, 0.3) is 11.6 Å². The van der Waals surface area contributed by atoms with E-state index in [0.717, 1.165) is 44.4 Å². The van der Waals surface area contributed by atoms with Crippen LogP contribution in [0.4, 0.5) is 5.69 Å². The molecule has 2 saturated carbocycles. The minimum absolute atomic E-state index is 0.0290. The van der Waals surface area contributed by atoms with Crippen molar-refractivity contribution in [2.75, 3.05) is 6.26 Å². The van der Waals surface area contributed by atoms with Gasteiger partial charge in [0.05, 0.1) is 9.82 Å². The molecule has 0 heterocycles. The SMILES string of the molecule is CSc1ccc(C(=O)N(C2CCC(C)CC2)C2CC2)cc1[N+](=O)[O-]. The number of amides is 1. The summed E-state index contributed by atoms with van der Waals surface area (Å²) >= 11 is 1.33. The van der Waals surface area contributed by atoms with Gasteiger partial charge in [0.1, 0.15) is 0 Å². The van der Waals surface area contributed by atoms with Gasteiger partial charge in [-0.1, -0.05) is 6.92 Å². The van der Waals surface area contributed by atoms with E-state index in [9.17, 15) is 14.9 Å². The number of carbonyl (C=O) groups is 1. The summed E-state index contributed by atoms with van der Waals surface area (Å²) < 4.78 is 0. The van der Waals surface area contributed by atoms with Crippen LogP contribution in [0.5, 0.6) is 0 Å². The Bertz CT molecular complexity index is 637. The van der Waals surface area contributed by atoms with Crippen LogP contribution in [0, 0.1) is 16.0 Å². The van der Waals surface area contributed by atoms with E-state index in [0.29, 0.717) is 22.5 Å². The van der Waals surface area contributed by atoms with Crippen LogP contribution < -0.4 is 0 Å². The van der Waals surface area contributed by atoms with E-state index in [2.05, 4.69) is 6.92 Å². The Morgan fingerprint density at radius 1 is 1.17 bits per heavy atom. The second-order valence-corrected chi connectivity index (χ2v) is 7.85. The number of hydrogen-bond donors (Lipinski definition) is 0. The van der Waals surface area contributed by atoms with Crippen molar-refractivity contribution in [3.8, 4) is 0 Å². The lowest BCUT2D eigenvalue weighted by Crippen LogP contribution is -2.43. The molecule has 1 aromatic rings. The maximum atomic E-state index is 13.1. The van der Waals surface area contributed by atoms with Crippen LogP contribution in [0.3, 0.4) is 0 Å². The monoisotopic (exact) mass is 348 g/mol. The fourth-order valence-corrected chi connectivity index (χ4v) is 4.16. The molecule has 0 spiro atoms. The van der Waals surface area contributed by atoms with Crippen molar-refractivity contribution in [2.24, 2.45) is 5.92 Å². The molecule has 2 aliphatic rings. The van der Waals surface area contributed by atoms with Crippen LogP contribution >= 0.6 is 11.8 Å². The molecule has 3 rings (SSSR count). The highest BCUT2D eigenvalue weighted by molar-refractivity contribution is 7.98. The zero-order chi connectivity index (χ0) is 17.3. The summed E-state index contributed by atoms with van der Waals surface area (Å²) in [6.45, 7) is 2.27. The molecule has 2 aliphatic carbocycles. The van der Waals surface area contributed by atoms with E-state index in [4.69, 9.17) is 0 Å². The topological polar surface area (TPSA) is 63.5 Å². The van der Waals surface area contributed by atoms with E-state index < -0.39 is 4.92 Å². The number of hydrogen-bond acceptors (Lipinski definition) is 4. The fourth-order valence-electron chi connectivity index (χ4n) is 3.62. The van der Waals surface area contributed by atoms with Gasteiger partial charge in [0, 0.05) is 23.7 Å². The molecular weight excluding hydrogens is 324 g/mol. The molecule has 0 radical (unpaired) electrons. The van der Waals surface area contributed by atoms with E-state index in [1.165, 1.54) is 17.8 Å². The maximum absolute atomic E-state index is 13.1. The summed E-state index contributed by atoms with van der Waals surface area (Å²) in [4.78, 5) is 26.6. The number of rotatable bonds is 5. The highest BCUT2D eigenvalue weighted by Crippen LogP contribution is 2.37. The van der Waals surface area contributed by atoms with Crippen LogP contribution in [0.1, 0.15) is 55.8 Å². The van der Waals surface area contributed by atoms with Gasteiger partial charge in [-0.3, -0.25) is 14.9 Å². The smallest absolute Gasteiger partial charge is 0.283 e. The summed E-state index contributed by atoms with van der Waals surface area (Å²) in [5.74, 6) is 0.701. The third-order valence-corrected chi connectivity index (χ3v) is 5.96. The van der Waals surface area contributed by atoms with Gasteiger partial charge >= 0.3 is 0 Å². The molecule has 0 bridgehead atoms. The average molecular weight is 348 g/mol. The quantitative estimate of drug-likeness (QED) is 0.446. The Morgan fingerprint density at radius 3 is 2.25 bits per heavy atom. The van der Waals surface area contributed by atoms with E-state index in [1.54, 1.807) is 12.1 Å². The highest BCUT2D eigenvalue weighted by atomic mass is 32.2. The van der Waals surface area contributed by atoms with E-state index >= 15 is 0 Å². The normalized spacial score (nSPS) is 23.8. The number of nitro benzene ring substituents is 1. The third kappa shape index (κ3) is 3.58. The largest absolute Gasteiger partial charge is 0.333 e. The van der Waals surface area contributed by atoms with Crippen molar-refractivity contribution in [3.63, 3.8) is 0 Å². The number of nitrogens with zero attached hydrogens (tertiary/aromatic N) is 2. The summed E-state index contributed by atoms with van der Waals surface area (Å²) in [7, 11) is 0. The molecule has 1 amide bonds. The summed E-state index contributed by atoms with van der Waals surface area (Å²) in [6, 6.07) is 5.51. The minimum atomic E-state index is -0.396. The van der Waals surface area contributed by atoms with Gasteiger partial charge < -0.3 is 4.90 Å². The predicted molar refractivity (Wildman–Crippen MR) is 95.5 cm³/mol. The summed E-state index contributed by atoms with van der Waals surface area (Å²) in [6.07, 6.45) is 8.34. The lowest BCUT2D eigenvalue weighted by Gasteiger charge is -2.36. The highest BCUT2D eigenvalue weighted by Gasteiger charge is 2.39. The number of benzene rings is 1. The molecule has 0 atom stereocenters. The Balaban J connectivity index is 1.85. The lowest BCUT2D eigenvalue weighted by molar-refractivity contribution is -0.387. The number of nitro groups is 1. The van der Waals surface area contributed by atoms with Crippen LogP contribution in [0.15, 0.2) is 23.1 Å². The second-order valence-electron chi connectivity index (χ2n) is 7.00. The van der Waals surface area contributed by atoms with Crippen LogP contribution in [-0.4, -0.2) is 34.1 Å². The molecular formula is C18H24N2O3S. The van der Waals surface area contributed by atoms with E-state index in [1.807, 2.05) is 11.2 Å². The molecule has 6 heteroatoms. The summed E-state index contributed by atoms with van der Waals surface area (Å²) in [5, 5.41) is 11.3. The molecule has 130 valence electrons. The zero-order valence-electron chi connectivity index (χ0n) is 14.2. The first kappa shape index (κ1) is 17.3. The van der Waals surface area contributed by atoms with Crippen molar-refractivity contribution in [1.29, 1.82) is 0 Å². The molecule has 0 unspecified atom stereocenters. The van der Waals surface area contributed by atoms with Crippen LogP contribution in [0.2, 0.25) is 0 Å². The second kappa shape index (κ2) is 7.13. The van der Waals surface area contributed by atoms with Gasteiger partial charge in [-0.15, -0.1) is 11.8 Å². The molecule has 2 fully saturated rings. The van der Waals surface area contributed by atoms with Gasteiger partial charge in [-0.2, -0.15) is 0 Å². The summed E-state index contributed by atoms with van der Waals surface area (Å²) in [5.41, 5.74) is 0.478. The van der Waals surface area contributed by atoms with Crippen molar-refractivity contribution in [1.82, 2.24) is 4.90 Å². The molecule has 5 nitrogen and oxygen atoms in total. The lowest BCUT2D eigenvalue weighted by atomic mass is 9.86. The Morgan fingerprint density at radius 2 is 1.75 bits per heavy atom.